The summed E-state index contributed by atoms with van der Waals surface area (Å²) in [6, 6.07) is 6.23. The van der Waals surface area contributed by atoms with Crippen LogP contribution in [0.4, 0.5) is 22.0 Å². The van der Waals surface area contributed by atoms with E-state index in [9.17, 15) is 31.5 Å². The molecule has 0 radical (unpaired) electrons. The molecule has 130 valence electrons. The highest BCUT2D eigenvalue weighted by Crippen LogP contribution is 2.38. The highest BCUT2D eigenvalue weighted by Gasteiger charge is 2.55. The Kier molecular flexibility index (Phi) is 5.31. The van der Waals surface area contributed by atoms with Crippen LogP contribution in [-0.4, -0.2) is 35.4 Å². The Morgan fingerprint density at radius 2 is 1.54 bits per heavy atom. The third-order valence-electron chi connectivity index (χ3n) is 3.39. The number of carbonyl (C=O) groups excluding carboxylic acids is 2. The molecule has 1 aliphatic heterocycles. The number of amides is 2. The van der Waals surface area contributed by atoms with Crippen LogP contribution in [0.25, 0.3) is 0 Å². The molecule has 1 heterocycles. The summed E-state index contributed by atoms with van der Waals surface area (Å²) in [6.45, 7) is -0.0513. The molecule has 0 atom stereocenters. The minimum absolute atomic E-state index is 0.0513. The molecule has 0 aromatic heterocycles. The minimum atomic E-state index is -5.65. The molecule has 24 heavy (non-hydrogen) atoms. The largest absolute Gasteiger partial charge is 0.457 e. The summed E-state index contributed by atoms with van der Waals surface area (Å²) < 4.78 is 61.9. The summed E-state index contributed by atoms with van der Waals surface area (Å²) in [6.07, 6.45) is -5.80. The summed E-state index contributed by atoms with van der Waals surface area (Å²) >= 11 is 1.40. The summed E-state index contributed by atoms with van der Waals surface area (Å²) in [5.74, 6) is -5.88. The van der Waals surface area contributed by atoms with Gasteiger partial charge in [-0.15, -0.1) is 0 Å². The van der Waals surface area contributed by atoms with Crippen molar-refractivity contribution in [3.63, 3.8) is 0 Å². The fraction of sp³-hybridized carbons (Fsp3) is 0.333. The Labute approximate surface area is 147 Å². The summed E-state index contributed by atoms with van der Waals surface area (Å²) in [7, 11) is 0. The third-order valence-corrected chi connectivity index (χ3v) is 4.24. The van der Waals surface area contributed by atoms with Gasteiger partial charge in [0.2, 0.25) is 0 Å². The fourth-order valence-corrected chi connectivity index (χ4v) is 2.97. The van der Waals surface area contributed by atoms with Crippen molar-refractivity contribution in [3.05, 3.63) is 45.0 Å². The van der Waals surface area contributed by atoms with E-state index < -0.39 is 23.9 Å². The number of alkyl halides is 5. The Hall–Kier alpha value is -1.52. The van der Waals surface area contributed by atoms with Crippen LogP contribution in [0.2, 0.25) is 0 Å². The standard InChI is InChI=1S/C15H11F5INO2/c16-14(17,15(18,19)20)8-9(21)4-3-7-22-12(23)10-5-1-2-6-11(10)13(22)24/h1-2,5-6,8H,3-4,7H2. The van der Waals surface area contributed by atoms with Crippen molar-refractivity contribution in [1.29, 1.82) is 0 Å². The molecular formula is C15H11F5INO2. The van der Waals surface area contributed by atoms with Crippen LogP contribution in [0.5, 0.6) is 0 Å². The third kappa shape index (κ3) is 3.76. The van der Waals surface area contributed by atoms with E-state index in [4.69, 9.17) is 0 Å². The molecule has 2 rings (SSSR count). The summed E-state index contributed by atoms with van der Waals surface area (Å²) in [4.78, 5) is 25.1. The van der Waals surface area contributed by atoms with Gasteiger partial charge in [-0.25, -0.2) is 0 Å². The van der Waals surface area contributed by atoms with Gasteiger partial charge in [-0.2, -0.15) is 22.0 Å². The first kappa shape index (κ1) is 18.8. The number of imide groups is 1. The summed E-state index contributed by atoms with van der Waals surface area (Å²) in [5.41, 5.74) is 0.521. The molecule has 0 bridgehead atoms. The first-order chi connectivity index (χ1) is 11.0. The molecule has 0 N–H and O–H groups in total. The lowest BCUT2D eigenvalue weighted by Gasteiger charge is -2.17. The normalized spacial score (nSPS) is 15.9. The second-order valence-corrected chi connectivity index (χ2v) is 6.51. The lowest BCUT2D eigenvalue weighted by Crippen LogP contribution is -2.34. The minimum Gasteiger partial charge on any atom is -0.274 e. The average molecular weight is 459 g/mol. The molecule has 0 saturated carbocycles. The number of hydrogen-bond acceptors (Lipinski definition) is 2. The number of nitrogens with zero attached hydrogens (tertiary/aromatic N) is 1. The Morgan fingerprint density at radius 1 is 1.04 bits per heavy atom. The van der Waals surface area contributed by atoms with Crippen LogP contribution in [0.3, 0.4) is 0 Å². The molecule has 0 fully saturated rings. The van der Waals surface area contributed by atoms with Crippen molar-refractivity contribution in [1.82, 2.24) is 4.90 Å². The fourth-order valence-electron chi connectivity index (χ4n) is 2.20. The van der Waals surface area contributed by atoms with Gasteiger partial charge in [-0.05, 0) is 51.1 Å². The first-order valence-electron chi connectivity index (χ1n) is 6.81. The van der Waals surface area contributed by atoms with Crippen LogP contribution >= 0.6 is 22.6 Å². The number of benzene rings is 1. The van der Waals surface area contributed by atoms with E-state index in [0.717, 1.165) is 4.90 Å². The number of allylic oxidation sites excluding steroid dienone is 2. The maximum Gasteiger partial charge on any atom is 0.457 e. The predicted octanol–water partition coefficient (Wildman–Crippen LogP) is 4.58. The Balaban J connectivity index is 1.96. The zero-order chi connectivity index (χ0) is 18.1. The summed E-state index contributed by atoms with van der Waals surface area (Å²) in [5, 5.41) is 0. The zero-order valence-corrected chi connectivity index (χ0v) is 14.2. The molecular weight excluding hydrogens is 448 g/mol. The van der Waals surface area contributed by atoms with Gasteiger partial charge in [0, 0.05) is 12.6 Å². The Bertz CT molecular complexity index is 664. The first-order valence-corrected chi connectivity index (χ1v) is 7.89. The Morgan fingerprint density at radius 3 is 2.00 bits per heavy atom. The van der Waals surface area contributed by atoms with Gasteiger partial charge in [-0.1, -0.05) is 12.1 Å². The highest BCUT2D eigenvalue weighted by molar-refractivity contribution is 14.1. The van der Waals surface area contributed by atoms with E-state index in [-0.39, 0.29) is 40.2 Å². The molecule has 0 spiro atoms. The van der Waals surface area contributed by atoms with E-state index in [2.05, 4.69) is 0 Å². The van der Waals surface area contributed by atoms with Crippen molar-refractivity contribution in [2.75, 3.05) is 6.54 Å². The number of fused-ring (bicyclic) bond motifs is 1. The lowest BCUT2D eigenvalue weighted by molar-refractivity contribution is -0.259. The van der Waals surface area contributed by atoms with Crippen molar-refractivity contribution in [2.24, 2.45) is 0 Å². The maximum absolute atomic E-state index is 12.9. The second kappa shape index (κ2) is 6.77. The van der Waals surface area contributed by atoms with Crippen molar-refractivity contribution in [3.8, 4) is 0 Å². The van der Waals surface area contributed by atoms with Crippen LogP contribution in [-0.2, 0) is 0 Å². The highest BCUT2D eigenvalue weighted by atomic mass is 127. The molecule has 9 heteroatoms. The van der Waals surface area contributed by atoms with Crippen LogP contribution in [0.1, 0.15) is 33.6 Å². The quantitative estimate of drug-likeness (QED) is 0.368. The van der Waals surface area contributed by atoms with Crippen LogP contribution in [0.15, 0.2) is 33.9 Å². The maximum atomic E-state index is 12.9. The molecule has 0 saturated heterocycles. The van der Waals surface area contributed by atoms with Gasteiger partial charge in [0.05, 0.1) is 11.1 Å². The predicted molar refractivity (Wildman–Crippen MR) is 84.1 cm³/mol. The molecule has 3 nitrogen and oxygen atoms in total. The molecule has 2 amide bonds. The van der Waals surface area contributed by atoms with Crippen LogP contribution < -0.4 is 0 Å². The van der Waals surface area contributed by atoms with Crippen molar-refractivity contribution in [2.45, 2.75) is 24.9 Å². The molecule has 1 aromatic carbocycles. The second-order valence-electron chi connectivity index (χ2n) is 5.12. The van der Waals surface area contributed by atoms with Gasteiger partial charge >= 0.3 is 12.1 Å². The molecule has 0 unspecified atom stereocenters. The van der Waals surface area contributed by atoms with Gasteiger partial charge in [0.15, 0.2) is 0 Å². The number of carbonyl (C=O) groups is 2. The average Bonchev–Trinajstić information content (AvgIpc) is 2.71. The zero-order valence-electron chi connectivity index (χ0n) is 12.0. The van der Waals surface area contributed by atoms with Gasteiger partial charge < -0.3 is 0 Å². The number of rotatable bonds is 5. The lowest BCUT2D eigenvalue weighted by atomic mass is 10.1. The smallest absolute Gasteiger partial charge is 0.274 e. The van der Waals surface area contributed by atoms with E-state index in [1.165, 1.54) is 34.7 Å². The molecule has 0 aliphatic carbocycles. The monoisotopic (exact) mass is 459 g/mol. The van der Waals surface area contributed by atoms with Gasteiger partial charge in [0.1, 0.15) is 0 Å². The van der Waals surface area contributed by atoms with Crippen molar-refractivity contribution >= 4 is 34.4 Å². The van der Waals surface area contributed by atoms with E-state index >= 15 is 0 Å². The van der Waals surface area contributed by atoms with E-state index in [1.54, 1.807) is 12.1 Å². The van der Waals surface area contributed by atoms with Gasteiger partial charge in [0.25, 0.3) is 11.8 Å². The van der Waals surface area contributed by atoms with E-state index in [1.807, 2.05) is 0 Å². The van der Waals surface area contributed by atoms with Gasteiger partial charge in [-0.3, -0.25) is 14.5 Å². The number of halogens is 6. The number of hydrogen-bond donors (Lipinski definition) is 0. The topological polar surface area (TPSA) is 37.4 Å². The SMILES string of the molecule is O=C1c2ccccc2C(=O)N1CCCC(I)=CC(F)(F)C(F)(F)F. The molecule has 1 aromatic rings. The van der Waals surface area contributed by atoms with E-state index in [0.29, 0.717) is 0 Å². The van der Waals surface area contributed by atoms with Crippen LogP contribution in [0, 0.1) is 0 Å². The molecule has 1 aliphatic rings. The van der Waals surface area contributed by atoms with Crippen molar-refractivity contribution < 1.29 is 31.5 Å².